The molecule has 1 saturated heterocycles. The van der Waals surface area contributed by atoms with Crippen LogP contribution in [0.1, 0.15) is 6.92 Å². The number of aromatic nitrogens is 3. The molecular formula is C17H20N4O5. The molecule has 138 valence electrons. The van der Waals surface area contributed by atoms with Gasteiger partial charge in [-0.1, -0.05) is 0 Å². The number of hydrogen-bond acceptors (Lipinski definition) is 8. The fraction of sp³-hybridized carbons (Fsp3) is 0.412. The van der Waals surface area contributed by atoms with E-state index in [1.807, 2.05) is 6.20 Å². The van der Waals surface area contributed by atoms with Crippen molar-refractivity contribution in [1.29, 1.82) is 0 Å². The molecule has 1 unspecified atom stereocenters. The Hall–Kier alpha value is -2.46. The fourth-order valence-corrected chi connectivity index (χ4v) is 3.46. The third kappa shape index (κ3) is 2.48. The standard InChI is InChI=1S/C17H20N4O5/c1-17(24)12(26-11(6-22)14(17)23)5-21-4-10(9-2-3-25-7-9)13-15(18)19-8-20-16(13)21/h2-4,7-8,11-12,14,22-24H,5-6H2,1H3,(H2,18,19,20)/t11-,12+,14?,17+/m1/s1. The molecule has 4 atom stereocenters. The van der Waals surface area contributed by atoms with Crippen molar-refractivity contribution in [3.8, 4) is 11.1 Å². The van der Waals surface area contributed by atoms with Gasteiger partial charge in [-0.2, -0.15) is 0 Å². The lowest BCUT2D eigenvalue weighted by atomic mass is 9.93. The van der Waals surface area contributed by atoms with E-state index in [0.29, 0.717) is 16.9 Å². The number of furan rings is 1. The normalized spacial score (nSPS) is 28.8. The van der Waals surface area contributed by atoms with Crippen molar-refractivity contribution in [3.05, 3.63) is 31.1 Å². The van der Waals surface area contributed by atoms with Crippen molar-refractivity contribution in [2.45, 2.75) is 37.4 Å². The first-order chi connectivity index (χ1) is 12.4. The lowest BCUT2D eigenvalue weighted by molar-refractivity contribution is -0.0677. The first-order valence-corrected chi connectivity index (χ1v) is 8.22. The Bertz CT molecular complexity index is 921. The summed E-state index contributed by atoms with van der Waals surface area (Å²) in [7, 11) is 0. The largest absolute Gasteiger partial charge is 0.472 e. The quantitative estimate of drug-likeness (QED) is 0.515. The van der Waals surface area contributed by atoms with Crippen LogP contribution in [-0.2, 0) is 11.3 Å². The fourth-order valence-electron chi connectivity index (χ4n) is 3.46. The van der Waals surface area contributed by atoms with Gasteiger partial charge < -0.3 is 34.8 Å². The van der Waals surface area contributed by atoms with Crippen LogP contribution in [0.25, 0.3) is 22.2 Å². The molecular weight excluding hydrogens is 340 g/mol. The highest BCUT2D eigenvalue weighted by Crippen LogP contribution is 2.36. The van der Waals surface area contributed by atoms with E-state index in [1.165, 1.54) is 13.3 Å². The Balaban J connectivity index is 1.78. The maximum Gasteiger partial charge on any atom is 0.146 e. The monoisotopic (exact) mass is 360 g/mol. The SMILES string of the molecule is C[C@@]1(O)C(O)[C@@H](CO)O[C@H]1Cn1cc(-c2ccoc2)c2c(N)ncnc21. The minimum absolute atomic E-state index is 0.214. The molecule has 0 bridgehead atoms. The minimum Gasteiger partial charge on any atom is -0.472 e. The molecule has 1 aliphatic heterocycles. The third-order valence-electron chi connectivity index (χ3n) is 5.00. The highest BCUT2D eigenvalue weighted by Gasteiger charge is 2.51. The van der Waals surface area contributed by atoms with Gasteiger partial charge in [0.2, 0.25) is 0 Å². The lowest BCUT2D eigenvalue weighted by Gasteiger charge is -2.26. The van der Waals surface area contributed by atoms with Gasteiger partial charge in [-0.15, -0.1) is 0 Å². The Morgan fingerprint density at radius 1 is 1.38 bits per heavy atom. The summed E-state index contributed by atoms with van der Waals surface area (Å²) in [6.45, 7) is 1.32. The van der Waals surface area contributed by atoms with Crippen LogP contribution in [0.2, 0.25) is 0 Å². The molecule has 3 aromatic rings. The zero-order chi connectivity index (χ0) is 18.5. The van der Waals surface area contributed by atoms with Gasteiger partial charge in [0, 0.05) is 17.3 Å². The number of ether oxygens (including phenoxy) is 1. The van der Waals surface area contributed by atoms with Crippen LogP contribution in [0.5, 0.6) is 0 Å². The molecule has 4 heterocycles. The second kappa shape index (κ2) is 6.06. The van der Waals surface area contributed by atoms with Gasteiger partial charge in [0.25, 0.3) is 0 Å². The molecule has 5 N–H and O–H groups in total. The molecule has 26 heavy (non-hydrogen) atoms. The summed E-state index contributed by atoms with van der Waals surface area (Å²) in [6, 6.07) is 1.80. The minimum atomic E-state index is -1.52. The van der Waals surface area contributed by atoms with Gasteiger partial charge in [-0.25, -0.2) is 9.97 Å². The summed E-state index contributed by atoms with van der Waals surface area (Å²) in [4.78, 5) is 8.37. The van der Waals surface area contributed by atoms with E-state index in [9.17, 15) is 15.3 Å². The maximum atomic E-state index is 10.6. The molecule has 3 aromatic heterocycles. The Labute approximate surface area is 148 Å². The average Bonchev–Trinajstić information content (AvgIpc) is 3.30. The topological polar surface area (TPSA) is 140 Å². The van der Waals surface area contributed by atoms with E-state index < -0.39 is 23.9 Å². The predicted molar refractivity (Wildman–Crippen MR) is 92.0 cm³/mol. The average molecular weight is 360 g/mol. The van der Waals surface area contributed by atoms with Crippen LogP contribution < -0.4 is 5.73 Å². The number of aliphatic hydroxyl groups is 3. The first kappa shape index (κ1) is 17.0. The van der Waals surface area contributed by atoms with Crippen LogP contribution >= 0.6 is 0 Å². The summed E-state index contributed by atoms with van der Waals surface area (Å²) in [5.74, 6) is 0.331. The molecule has 9 nitrogen and oxygen atoms in total. The van der Waals surface area contributed by atoms with Crippen LogP contribution in [-0.4, -0.2) is 60.4 Å². The van der Waals surface area contributed by atoms with Gasteiger partial charge in [0.15, 0.2) is 0 Å². The number of anilines is 1. The van der Waals surface area contributed by atoms with Crippen LogP contribution in [0.3, 0.4) is 0 Å². The number of nitrogen functional groups attached to an aromatic ring is 1. The highest BCUT2D eigenvalue weighted by atomic mass is 16.6. The van der Waals surface area contributed by atoms with E-state index in [0.717, 1.165) is 11.1 Å². The van der Waals surface area contributed by atoms with Crippen LogP contribution in [0, 0.1) is 0 Å². The number of nitrogens with two attached hydrogens (primary N) is 1. The number of aliphatic hydroxyl groups excluding tert-OH is 2. The zero-order valence-corrected chi connectivity index (χ0v) is 14.1. The molecule has 9 heteroatoms. The Morgan fingerprint density at radius 2 is 2.19 bits per heavy atom. The van der Waals surface area contributed by atoms with Gasteiger partial charge in [0.1, 0.15) is 41.7 Å². The molecule has 0 radical (unpaired) electrons. The number of nitrogens with zero attached hydrogens (tertiary/aromatic N) is 3. The molecule has 0 aromatic carbocycles. The van der Waals surface area contributed by atoms with E-state index in [1.54, 1.807) is 23.2 Å². The second-order valence-electron chi connectivity index (χ2n) is 6.68. The van der Waals surface area contributed by atoms with Gasteiger partial charge in [-0.3, -0.25) is 0 Å². The van der Waals surface area contributed by atoms with Crippen molar-refractivity contribution in [1.82, 2.24) is 14.5 Å². The molecule has 1 fully saturated rings. The third-order valence-corrected chi connectivity index (χ3v) is 5.00. The van der Waals surface area contributed by atoms with Crippen molar-refractivity contribution < 1.29 is 24.5 Å². The lowest BCUT2D eigenvalue weighted by Crippen LogP contribution is -2.47. The summed E-state index contributed by atoms with van der Waals surface area (Å²) in [6.07, 6.45) is 3.59. The predicted octanol–water partition coefficient (Wildman–Crippen LogP) is 0.145. The van der Waals surface area contributed by atoms with E-state index >= 15 is 0 Å². The summed E-state index contributed by atoms with van der Waals surface area (Å²) in [5.41, 5.74) is 6.74. The molecule has 0 amide bonds. The van der Waals surface area contributed by atoms with E-state index in [-0.39, 0.29) is 13.2 Å². The van der Waals surface area contributed by atoms with Gasteiger partial charge in [-0.05, 0) is 13.0 Å². The van der Waals surface area contributed by atoms with Crippen molar-refractivity contribution in [2.75, 3.05) is 12.3 Å². The number of fused-ring (bicyclic) bond motifs is 1. The summed E-state index contributed by atoms with van der Waals surface area (Å²) >= 11 is 0. The van der Waals surface area contributed by atoms with E-state index in [4.69, 9.17) is 14.9 Å². The molecule has 0 aliphatic carbocycles. The second-order valence-corrected chi connectivity index (χ2v) is 6.68. The van der Waals surface area contributed by atoms with Gasteiger partial charge in [0.05, 0.1) is 31.1 Å². The first-order valence-electron chi connectivity index (χ1n) is 8.22. The highest BCUT2D eigenvalue weighted by molar-refractivity contribution is 6.00. The number of rotatable bonds is 4. The maximum absolute atomic E-state index is 10.6. The summed E-state index contributed by atoms with van der Waals surface area (Å²) < 4.78 is 12.6. The van der Waals surface area contributed by atoms with Crippen LogP contribution in [0.15, 0.2) is 35.5 Å². The molecule has 0 spiro atoms. The molecule has 1 aliphatic rings. The Morgan fingerprint density at radius 3 is 2.85 bits per heavy atom. The molecule has 0 saturated carbocycles. The van der Waals surface area contributed by atoms with Crippen molar-refractivity contribution >= 4 is 16.9 Å². The zero-order valence-electron chi connectivity index (χ0n) is 14.1. The van der Waals surface area contributed by atoms with Gasteiger partial charge >= 0.3 is 0 Å². The molecule has 4 rings (SSSR count). The Kier molecular flexibility index (Phi) is 3.96. The van der Waals surface area contributed by atoms with E-state index in [2.05, 4.69) is 9.97 Å². The van der Waals surface area contributed by atoms with Crippen molar-refractivity contribution in [3.63, 3.8) is 0 Å². The number of hydrogen-bond donors (Lipinski definition) is 4. The smallest absolute Gasteiger partial charge is 0.146 e. The van der Waals surface area contributed by atoms with Crippen molar-refractivity contribution in [2.24, 2.45) is 0 Å². The van der Waals surface area contributed by atoms with Crippen LogP contribution in [0.4, 0.5) is 5.82 Å². The summed E-state index contributed by atoms with van der Waals surface area (Å²) in [5, 5.41) is 30.8.